The highest BCUT2D eigenvalue weighted by molar-refractivity contribution is 6.01. The quantitative estimate of drug-likeness (QED) is 0.563. The van der Waals surface area contributed by atoms with E-state index >= 15 is 0 Å². The van der Waals surface area contributed by atoms with Crippen LogP contribution < -0.4 is 5.32 Å². The predicted molar refractivity (Wildman–Crippen MR) is 128 cm³/mol. The molecule has 0 spiro atoms. The summed E-state index contributed by atoms with van der Waals surface area (Å²) in [5.41, 5.74) is 4.73. The summed E-state index contributed by atoms with van der Waals surface area (Å²) in [6.45, 7) is 0.152. The third kappa shape index (κ3) is 4.03. The van der Waals surface area contributed by atoms with Crippen molar-refractivity contribution in [1.29, 1.82) is 0 Å². The summed E-state index contributed by atoms with van der Waals surface area (Å²) in [4.78, 5) is 38.4. The van der Waals surface area contributed by atoms with Gasteiger partial charge in [0.15, 0.2) is 0 Å². The molecule has 2 aliphatic carbocycles. The lowest BCUT2D eigenvalue weighted by Crippen LogP contribution is -2.47. The van der Waals surface area contributed by atoms with Crippen molar-refractivity contribution in [3.63, 3.8) is 0 Å². The first-order valence-corrected chi connectivity index (χ1v) is 11.5. The van der Waals surface area contributed by atoms with Crippen LogP contribution in [0.2, 0.25) is 0 Å². The van der Waals surface area contributed by atoms with Crippen LogP contribution in [-0.2, 0) is 16.6 Å². The zero-order chi connectivity index (χ0) is 24.7. The van der Waals surface area contributed by atoms with Crippen LogP contribution >= 0.6 is 0 Å². The fraction of sp³-hybridized carbons (Fsp3) is 0.308. The van der Waals surface area contributed by atoms with Crippen molar-refractivity contribution in [2.75, 3.05) is 19.0 Å². The maximum Gasteiger partial charge on any atom is 0.412 e. The highest BCUT2D eigenvalue weighted by Gasteiger charge is 2.39. The molecule has 2 aliphatic rings. The van der Waals surface area contributed by atoms with Gasteiger partial charge in [0.1, 0.15) is 18.0 Å². The van der Waals surface area contributed by atoms with Crippen molar-refractivity contribution in [3.05, 3.63) is 71.4 Å². The first-order valence-electron chi connectivity index (χ1n) is 11.5. The highest BCUT2D eigenvalue weighted by atomic mass is 16.5. The summed E-state index contributed by atoms with van der Waals surface area (Å²) in [7, 11) is 3.26. The van der Waals surface area contributed by atoms with Crippen LogP contribution in [0.25, 0.3) is 11.1 Å². The molecule has 5 rings (SSSR count). The number of carboxylic acids is 1. The van der Waals surface area contributed by atoms with Gasteiger partial charge >= 0.3 is 12.1 Å². The number of aromatic nitrogens is 2. The van der Waals surface area contributed by atoms with Crippen LogP contribution in [0.15, 0.2) is 54.7 Å². The van der Waals surface area contributed by atoms with E-state index in [1.54, 1.807) is 14.1 Å². The second kappa shape index (κ2) is 8.90. The number of aryl methyl sites for hydroxylation is 1. The minimum absolute atomic E-state index is 0.0762. The summed E-state index contributed by atoms with van der Waals surface area (Å²) in [6, 6.07) is 16.0. The van der Waals surface area contributed by atoms with Crippen molar-refractivity contribution in [1.82, 2.24) is 14.7 Å². The van der Waals surface area contributed by atoms with Crippen LogP contribution in [0, 0.1) is 5.92 Å². The molecule has 1 saturated carbocycles. The van der Waals surface area contributed by atoms with Crippen molar-refractivity contribution >= 4 is 23.8 Å². The standard InChI is InChI=1S/C26H26N4O5/c1-29(16-11-15(12-16)25(32)33)24(31)21-13-27-30(2)23(21)28-26(34)35-14-22-19-9-5-3-7-17(19)18-8-4-6-10-20(18)22/h3-10,13,15-16,22H,11-12,14H2,1-2H3,(H,28,34)(H,32,33). The van der Waals surface area contributed by atoms with Gasteiger partial charge in [0.05, 0.1) is 12.1 Å². The average molecular weight is 475 g/mol. The molecule has 1 heterocycles. The molecular formula is C26H26N4O5. The van der Waals surface area contributed by atoms with Crippen LogP contribution in [-0.4, -0.2) is 57.5 Å². The molecule has 0 atom stereocenters. The third-order valence-corrected chi connectivity index (χ3v) is 7.06. The van der Waals surface area contributed by atoms with Crippen molar-refractivity contribution in [2.24, 2.45) is 13.0 Å². The number of amides is 2. The summed E-state index contributed by atoms with van der Waals surface area (Å²) in [6.07, 6.45) is 1.53. The number of carboxylic acid groups (broad SMARTS) is 1. The molecular weight excluding hydrogens is 448 g/mol. The normalized spacial score (nSPS) is 18.2. The number of fused-ring (bicyclic) bond motifs is 3. The Hall–Kier alpha value is -4.14. The Morgan fingerprint density at radius 1 is 1.09 bits per heavy atom. The smallest absolute Gasteiger partial charge is 0.412 e. The molecule has 2 N–H and O–H groups in total. The minimum Gasteiger partial charge on any atom is -0.481 e. The largest absolute Gasteiger partial charge is 0.481 e. The highest BCUT2D eigenvalue weighted by Crippen LogP contribution is 2.44. The zero-order valence-corrected chi connectivity index (χ0v) is 19.5. The van der Waals surface area contributed by atoms with E-state index < -0.39 is 18.0 Å². The van der Waals surface area contributed by atoms with E-state index in [0.29, 0.717) is 12.8 Å². The van der Waals surface area contributed by atoms with E-state index in [0.717, 1.165) is 22.3 Å². The molecule has 3 aromatic rings. The maximum absolute atomic E-state index is 13.0. The molecule has 0 bridgehead atoms. The Labute approximate surface area is 202 Å². The van der Waals surface area contributed by atoms with E-state index in [4.69, 9.17) is 9.84 Å². The molecule has 0 saturated heterocycles. The van der Waals surface area contributed by atoms with E-state index in [1.165, 1.54) is 15.8 Å². The van der Waals surface area contributed by atoms with Gasteiger partial charge in [-0.25, -0.2) is 4.79 Å². The number of hydrogen-bond acceptors (Lipinski definition) is 5. The number of nitrogens with zero attached hydrogens (tertiary/aromatic N) is 3. The molecule has 9 heteroatoms. The number of hydrogen-bond donors (Lipinski definition) is 2. The molecule has 35 heavy (non-hydrogen) atoms. The lowest BCUT2D eigenvalue weighted by molar-refractivity contribution is -0.146. The van der Waals surface area contributed by atoms with E-state index in [1.807, 2.05) is 36.4 Å². The second-order valence-corrected chi connectivity index (χ2v) is 9.06. The molecule has 1 fully saturated rings. The number of ether oxygens (including phenoxy) is 1. The van der Waals surface area contributed by atoms with Gasteiger partial charge in [-0.05, 0) is 35.1 Å². The molecule has 0 radical (unpaired) electrons. The average Bonchev–Trinajstić information content (AvgIpc) is 3.33. The lowest BCUT2D eigenvalue weighted by atomic mass is 9.79. The summed E-state index contributed by atoms with van der Waals surface area (Å²) in [5, 5.41) is 15.9. The number of anilines is 1. The Morgan fingerprint density at radius 2 is 1.69 bits per heavy atom. The monoisotopic (exact) mass is 474 g/mol. The maximum atomic E-state index is 13.0. The SMILES string of the molecule is CN(C(=O)c1cnn(C)c1NC(=O)OCC1c2ccccc2-c2ccccc21)C1CC(C(=O)O)C1. The number of nitrogens with one attached hydrogen (secondary N) is 1. The van der Waals surface area contributed by atoms with Gasteiger partial charge in [-0.3, -0.25) is 19.6 Å². The van der Waals surface area contributed by atoms with Crippen molar-refractivity contribution in [3.8, 4) is 11.1 Å². The van der Waals surface area contributed by atoms with Gasteiger partial charge in [0, 0.05) is 26.1 Å². The lowest BCUT2D eigenvalue weighted by Gasteiger charge is -2.39. The Balaban J connectivity index is 1.26. The second-order valence-electron chi connectivity index (χ2n) is 9.06. The van der Waals surface area contributed by atoms with Gasteiger partial charge in [-0.2, -0.15) is 5.10 Å². The summed E-state index contributed by atoms with van der Waals surface area (Å²) in [5.74, 6) is -1.45. The Morgan fingerprint density at radius 3 is 2.29 bits per heavy atom. The van der Waals surface area contributed by atoms with Gasteiger partial charge in [-0.1, -0.05) is 48.5 Å². The topological polar surface area (TPSA) is 114 Å². The van der Waals surface area contributed by atoms with E-state index in [-0.39, 0.29) is 35.9 Å². The number of carbonyl (C=O) groups excluding carboxylic acids is 2. The molecule has 2 amide bonds. The summed E-state index contributed by atoms with van der Waals surface area (Å²) < 4.78 is 7.01. The molecule has 0 aliphatic heterocycles. The van der Waals surface area contributed by atoms with E-state index in [9.17, 15) is 14.4 Å². The fourth-order valence-corrected chi connectivity index (χ4v) is 4.93. The first-order chi connectivity index (χ1) is 16.8. The predicted octanol–water partition coefficient (Wildman–Crippen LogP) is 3.72. The van der Waals surface area contributed by atoms with E-state index in [2.05, 4.69) is 22.5 Å². The Bertz CT molecular complexity index is 1270. The van der Waals surface area contributed by atoms with Crippen molar-refractivity contribution in [2.45, 2.75) is 24.8 Å². The summed E-state index contributed by atoms with van der Waals surface area (Å²) >= 11 is 0. The third-order valence-electron chi connectivity index (χ3n) is 7.06. The molecule has 180 valence electrons. The molecule has 0 unspecified atom stereocenters. The first kappa shape index (κ1) is 22.6. The van der Waals surface area contributed by atoms with Gasteiger partial charge in [-0.15, -0.1) is 0 Å². The zero-order valence-electron chi connectivity index (χ0n) is 19.5. The molecule has 9 nitrogen and oxygen atoms in total. The van der Waals surface area contributed by atoms with Gasteiger partial charge in [0.25, 0.3) is 5.91 Å². The number of rotatable bonds is 6. The van der Waals surface area contributed by atoms with Crippen molar-refractivity contribution < 1.29 is 24.2 Å². The van der Waals surface area contributed by atoms with Crippen LogP contribution in [0.1, 0.15) is 40.2 Å². The fourth-order valence-electron chi connectivity index (χ4n) is 4.93. The van der Waals surface area contributed by atoms with Crippen LogP contribution in [0.5, 0.6) is 0 Å². The number of carbonyl (C=O) groups is 3. The number of aliphatic carboxylic acids is 1. The Kier molecular flexibility index (Phi) is 5.76. The minimum atomic E-state index is -0.846. The van der Waals surface area contributed by atoms with Crippen LogP contribution in [0.4, 0.5) is 10.6 Å². The van der Waals surface area contributed by atoms with Gasteiger partial charge in [0.2, 0.25) is 0 Å². The molecule has 1 aromatic heterocycles. The van der Waals surface area contributed by atoms with Gasteiger partial charge < -0.3 is 14.7 Å². The van der Waals surface area contributed by atoms with Crippen LogP contribution in [0.3, 0.4) is 0 Å². The number of benzene rings is 2. The molecule has 2 aromatic carbocycles.